The first-order valence-corrected chi connectivity index (χ1v) is 5.75. The number of nitrogens with two attached hydrogens (primary N) is 1. The first kappa shape index (κ1) is 13.4. The third-order valence-corrected chi connectivity index (χ3v) is 2.45. The number of hydrogen-bond acceptors (Lipinski definition) is 4. The average Bonchev–Trinajstić information content (AvgIpc) is 2.26. The second-order valence-corrected chi connectivity index (χ2v) is 3.99. The molecule has 0 aromatic heterocycles. The maximum Gasteiger partial charge on any atom is 0.325 e. The molecule has 0 fully saturated rings. The zero-order valence-corrected chi connectivity index (χ0v) is 10.8. The minimum Gasteiger partial charge on any atom is -0.465 e. The van der Waals surface area contributed by atoms with E-state index >= 15 is 0 Å². The minimum atomic E-state index is -0.274. The number of anilines is 1. The first-order chi connectivity index (χ1) is 8.04. The van der Waals surface area contributed by atoms with Gasteiger partial charge in [-0.3, -0.25) is 4.79 Å². The van der Waals surface area contributed by atoms with Crippen molar-refractivity contribution < 1.29 is 9.53 Å². The van der Waals surface area contributed by atoms with Crippen molar-refractivity contribution in [1.29, 1.82) is 0 Å². The fourth-order valence-corrected chi connectivity index (χ4v) is 1.67. The number of aryl methyl sites for hydroxylation is 1. The molecule has 0 aliphatic heterocycles. The molecule has 4 nitrogen and oxygen atoms in total. The lowest BCUT2D eigenvalue weighted by molar-refractivity contribution is -0.140. The fraction of sp³-hybridized carbons (Fsp3) is 0.333. The molecule has 0 amide bonds. The highest BCUT2D eigenvalue weighted by atomic mass is 32.1. The summed E-state index contributed by atoms with van der Waals surface area (Å²) in [5.41, 5.74) is 8.23. The second-order valence-electron chi connectivity index (χ2n) is 3.55. The van der Waals surface area contributed by atoms with E-state index in [1.54, 1.807) is 6.92 Å². The zero-order valence-electron chi connectivity index (χ0n) is 9.95. The molecule has 1 aromatic carbocycles. The van der Waals surface area contributed by atoms with Crippen molar-refractivity contribution >= 4 is 28.9 Å². The van der Waals surface area contributed by atoms with Crippen LogP contribution in [0.2, 0.25) is 0 Å². The lowest BCUT2D eigenvalue weighted by Crippen LogP contribution is -2.17. The molecule has 0 aliphatic carbocycles. The van der Waals surface area contributed by atoms with E-state index in [2.05, 4.69) is 5.32 Å². The van der Waals surface area contributed by atoms with Crippen LogP contribution in [0.3, 0.4) is 0 Å². The quantitative estimate of drug-likeness (QED) is 0.615. The van der Waals surface area contributed by atoms with Gasteiger partial charge in [-0.05, 0) is 37.6 Å². The van der Waals surface area contributed by atoms with Crippen molar-refractivity contribution in [2.24, 2.45) is 5.73 Å². The number of hydrogen-bond donors (Lipinski definition) is 2. The molecule has 92 valence electrons. The summed E-state index contributed by atoms with van der Waals surface area (Å²) in [6.45, 7) is 4.24. The smallest absolute Gasteiger partial charge is 0.325 e. The van der Waals surface area contributed by atoms with E-state index in [0.717, 1.165) is 16.8 Å². The van der Waals surface area contributed by atoms with Crippen LogP contribution in [-0.2, 0) is 9.53 Å². The SMILES string of the molecule is CCOC(=O)CNc1ccc(C(N)=S)c(C)c1. The number of rotatable bonds is 5. The van der Waals surface area contributed by atoms with Gasteiger partial charge in [0, 0.05) is 11.3 Å². The monoisotopic (exact) mass is 252 g/mol. The van der Waals surface area contributed by atoms with Crippen molar-refractivity contribution in [3.8, 4) is 0 Å². The van der Waals surface area contributed by atoms with Gasteiger partial charge in [0.15, 0.2) is 0 Å². The van der Waals surface area contributed by atoms with Gasteiger partial charge in [0.25, 0.3) is 0 Å². The van der Waals surface area contributed by atoms with Crippen LogP contribution in [0.1, 0.15) is 18.1 Å². The Labute approximate surface area is 106 Å². The number of ether oxygens (including phenoxy) is 1. The third-order valence-electron chi connectivity index (χ3n) is 2.23. The van der Waals surface area contributed by atoms with E-state index in [4.69, 9.17) is 22.7 Å². The standard InChI is InChI=1S/C12H16N2O2S/c1-3-16-11(15)7-14-9-4-5-10(12(13)17)8(2)6-9/h4-6,14H,3,7H2,1-2H3,(H2,13,17). The van der Waals surface area contributed by atoms with Crippen LogP contribution in [0.15, 0.2) is 18.2 Å². The van der Waals surface area contributed by atoms with Crippen molar-refractivity contribution in [1.82, 2.24) is 0 Å². The number of benzene rings is 1. The molecule has 0 radical (unpaired) electrons. The van der Waals surface area contributed by atoms with Gasteiger partial charge in [0.2, 0.25) is 0 Å². The van der Waals surface area contributed by atoms with Crippen LogP contribution in [-0.4, -0.2) is 24.1 Å². The van der Waals surface area contributed by atoms with E-state index < -0.39 is 0 Å². The number of carbonyl (C=O) groups is 1. The molecule has 5 heteroatoms. The van der Waals surface area contributed by atoms with Crippen LogP contribution in [0.5, 0.6) is 0 Å². The Morgan fingerprint density at radius 1 is 1.53 bits per heavy atom. The molecular formula is C12H16N2O2S. The molecule has 1 aromatic rings. The topological polar surface area (TPSA) is 64.3 Å². The molecular weight excluding hydrogens is 236 g/mol. The Morgan fingerprint density at radius 3 is 2.76 bits per heavy atom. The molecule has 0 heterocycles. The lowest BCUT2D eigenvalue weighted by Gasteiger charge is -2.09. The van der Waals surface area contributed by atoms with Crippen LogP contribution >= 0.6 is 12.2 Å². The van der Waals surface area contributed by atoms with Crippen molar-refractivity contribution in [2.45, 2.75) is 13.8 Å². The predicted octanol–water partition coefficient (Wildman–Crippen LogP) is 1.60. The highest BCUT2D eigenvalue weighted by Crippen LogP contribution is 2.14. The maximum absolute atomic E-state index is 11.2. The highest BCUT2D eigenvalue weighted by Gasteiger charge is 2.04. The molecule has 0 saturated heterocycles. The summed E-state index contributed by atoms with van der Waals surface area (Å²) < 4.78 is 4.81. The summed E-state index contributed by atoms with van der Waals surface area (Å²) in [4.78, 5) is 11.5. The van der Waals surface area contributed by atoms with E-state index in [0.29, 0.717) is 11.6 Å². The lowest BCUT2D eigenvalue weighted by atomic mass is 10.1. The van der Waals surface area contributed by atoms with Crippen LogP contribution < -0.4 is 11.1 Å². The maximum atomic E-state index is 11.2. The fourth-order valence-electron chi connectivity index (χ4n) is 1.44. The van der Waals surface area contributed by atoms with Gasteiger partial charge in [-0.2, -0.15) is 0 Å². The van der Waals surface area contributed by atoms with Crippen LogP contribution in [0.4, 0.5) is 5.69 Å². The molecule has 0 aliphatic rings. The number of nitrogens with one attached hydrogen (secondary N) is 1. The Bertz CT molecular complexity index is 433. The van der Waals surface area contributed by atoms with Crippen LogP contribution in [0, 0.1) is 6.92 Å². The Balaban J connectivity index is 2.65. The van der Waals surface area contributed by atoms with Crippen molar-refractivity contribution in [3.63, 3.8) is 0 Å². The van der Waals surface area contributed by atoms with Crippen LogP contribution in [0.25, 0.3) is 0 Å². The zero-order chi connectivity index (χ0) is 12.8. The van der Waals surface area contributed by atoms with Gasteiger partial charge in [-0.15, -0.1) is 0 Å². The molecule has 17 heavy (non-hydrogen) atoms. The molecule has 0 spiro atoms. The Hall–Kier alpha value is -1.62. The summed E-state index contributed by atoms with van der Waals surface area (Å²) >= 11 is 4.92. The third kappa shape index (κ3) is 4.03. The predicted molar refractivity (Wildman–Crippen MR) is 72.2 cm³/mol. The molecule has 0 saturated carbocycles. The van der Waals surface area contributed by atoms with Gasteiger partial charge in [-0.1, -0.05) is 12.2 Å². The number of carbonyl (C=O) groups excluding carboxylic acids is 1. The van der Waals surface area contributed by atoms with Gasteiger partial charge in [0.05, 0.1) is 6.61 Å². The summed E-state index contributed by atoms with van der Waals surface area (Å²) in [7, 11) is 0. The highest BCUT2D eigenvalue weighted by molar-refractivity contribution is 7.80. The van der Waals surface area contributed by atoms with E-state index in [9.17, 15) is 4.79 Å². The second kappa shape index (κ2) is 6.20. The average molecular weight is 252 g/mol. The van der Waals surface area contributed by atoms with Gasteiger partial charge >= 0.3 is 5.97 Å². The van der Waals surface area contributed by atoms with Crippen molar-refractivity contribution in [3.05, 3.63) is 29.3 Å². The van der Waals surface area contributed by atoms with Gasteiger partial charge in [0.1, 0.15) is 11.5 Å². The summed E-state index contributed by atoms with van der Waals surface area (Å²) in [6, 6.07) is 5.57. The number of thiocarbonyl (C=S) groups is 1. The molecule has 0 bridgehead atoms. The summed E-state index contributed by atoms with van der Waals surface area (Å²) in [5, 5.41) is 2.98. The summed E-state index contributed by atoms with van der Waals surface area (Å²) in [6.07, 6.45) is 0. The molecule has 3 N–H and O–H groups in total. The molecule has 0 atom stereocenters. The van der Waals surface area contributed by atoms with E-state index in [-0.39, 0.29) is 12.5 Å². The van der Waals surface area contributed by atoms with Crippen molar-refractivity contribution in [2.75, 3.05) is 18.5 Å². The normalized spacial score (nSPS) is 9.76. The number of esters is 1. The molecule has 0 unspecified atom stereocenters. The van der Waals surface area contributed by atoms with Gasteiger partial charge < -0.3 is 15.8 Å². The largest absolute Gasteiger partial charge is 0.465 e. The first-order valence-electron chi connectivity index (χ1n) is 5.34. The summed E-state index contributed by atoms with van der Waals surface area (Å²) in [5.74, 6) is -0.274. The molecule has 1 rings (SSSR count). The van der Waals surface area contributed by atoms with E-state index in [1.165, 1.54) is 0 Å². The Morgan fingerprint density at radius 2 is 2.24 bits per heavy atom. The van der Waals surface area contributed by atoms with E-state index in [1.807, 2.05) is 25.1 Å². The Kier molecular flexibility index (Phi) is 4.90. The van der Waals surface area contributed by atoms with Gasteiger partial charge in [-0.25, -0.2) is 0 Å². The minimum absolute atomic E-state index is 0.152.